The highest BCUT2D eigenvalue weighted by atomic mass is 32.2. The first kappa shape index (κ1) is 40.0. The predicted octanol–water partition coefficient (Wildman–Crippen LogP) is 7.63. The average Bonchev–Trinajstić information content (AvgIpc) is 3.82. The molecule has 1 aliphatic heterocycles. The Bertz CT molecular complexity index is 2230. The molecule has 11 heteroatoms. The minimum absolute atomic E-state index is 0.0371. The standard InChI is InChI=1S/C26H29N5O2S3.C7H5N.C7H4/c1-3-4-14-36(33)26-22(27)21-19(16-20(29-24(21)35-26)23-28-8-13-34-23)17-6-5-7-18(15-17)25(32)31-11-9-30(2)10-12-31;1-3-4-5-6-7-8-2;1-3-5-7-6-4-2/h5-8,13,15-16H,3-4,9-12,14,27H2,1-2H3;1H2,2H3;1-2H2. The van der Waals surface area contributed by atoms with Gasteiger partial charge in [0.2, 0.25) is 0 Å². The maximum Gasteiger partial charge on any atom is 0.253 e. The van der Waals surface area contributed by atoms with Gasteiger partial charge in [0.15, 0.2) is 0 Å². The summed E-state index contributed by atoms with van der Waals surface area (Å²) in [4.78, 5) is 31.0. The van der Waals surface area contributed by atoms with Crippen LogP contribution in [0.5, 0.6) is 0 Å². The normalized spacial score (nSPS) is 12.0. The number of fused-ring (bicyclic) bond motifs is 1. The molecule has 1 amide bonds. The van der Waals surface area contributed by atoms with Crippen LogP contribution in [0.4, 0.5) is 5.69 Å². The largest absolute Gasteiger partial charge is 0.396 e. The molecule has 51 heavy (non-hydrogen) atoms. The van der Waals surface area contributed by atoms with E-state index in [4.69, 9.17) is 10.7 Å². The highest BCUT2D eigenvalue weighted by Gasteiger charge is 2.23. The number of nitrogens with two attached hydrogens (primary N) is 1. The number of carbonyl (C=O) groups is 1. The fraction of sp³-hybridized carbons (Fsp3) is 0.250. The van der Waals surface area contributed by atoms with Crippen LogP contribution in [-0.4, -0.2) is 81.8 Å². The van der Waals surface area contributed by atoms with Gasteiger partial charge in [0.25, 0.3) is 5.91 Å². The number of anilines is 1. The number of amides is 1. The van der Waals surface area contributed by atoms with Crippen LogP contribution in [0.25, 0.3) is 32.0 Å². The zero-order chi connectivity index (χ0) is 37.0. The molecule has 1 saturated heterocycles. The molecule has 0 bridgehead atoms. The Labute approximate surface area is 309 Å². The predicted molar refractivity (Wildman–Crippen MR) is 212 cm³/mol. The molecule has 5 rings (SSSR count). The first-order valence-corrected chi connectivity index (χ1v) is 18.8. The summed E-state index contributed by atoms with van der Waals surface area (Å²) in [5, 5.41) is 3.53. The number of carbonyl (C=O) groups excluding carboxylic acids is 1. The Kier molecular flexibility index (Phi) is 16.9. The summed E-state index contributed by atoms with van der Waals surface area (Å²) in [6.45, 7) is 15.0. The van der Waals surface area contributed by atoms with Crippen molar-refractivity contribution in [1.82, 2.24) is 19.8 Å². The fourth-order valence-corrected chi connectivity index (χ4v) is 8.01. The molecule has 1 aromatic carbocycles. The van der Waals surface area contributed by atoms with Crippen LogP contribution in [0.1, 0.15) is 30.1 Å². The van der Waals surface area contributed by atoms with E-state index in [0.29, 0.717) is 21.2 Å². The van der Waals surface area contributed by atoms with E-state index in [9.17, 15) is 9.00 Å². The number of rotatable bonds is 7. The van der Waals surface area contributed by atoms with Gasteiger partial charge in [-0.3, -0.25) is 9.00 Å². The Hall–Kier alpha value is -5.45. The van der Waals surface area contributed by atoms with Crippen LogP contribution < -0.4 is 5.73 Å². The molecule has 0 aliphatic carbocycles. The molecule has 1 unspecified atom stereocenters. The molecule has 0 radical (unpaired) electrons. The molecule has 3 aromatic heterocycles. The molecule has 0 spiro atoms. The molecule has 8 nitrogen and oxygen atoms in total. The van der Waals surface area contributed by atoms with Crippen molar-refractivity contribution in [1.29, 1.82) is 0 Å². The Morgan fingerprint density at radius 2 is 1.71 bits per heavy atom. The van der Waals surface area contributed by atoms with Gasteiger partial charge in [-0.25, -0.2) is 15.0 Å². The number of aliphatic imine (C=N–C) groups is 1. The number of hydrogen-bond acceptors (Lipinski definition) is 9. The third-order valence-corrected chi connectivity index (χ3v) is 10.9. The second-order valence-electron chi connectivity index (χ2n) is 10.6. The summed E-state index contributed by atoms with van der Waals surface area (Å²) in [5.41, 5.74) is 32.0. The molecule has 4 aromatic rings. The lowest BCUT2D eigenvalue weighted by Crippen LogP contribution is -2.47. The summed E-state index contributed by atoms with van der Waals surface area (Å²) >= 11 is 2.92. The molecule has 258 valence electrons. The van der Waals surface area contributed by atoms with Gasteiger partial charge in [-0.15, -0.1) is 22.7 Å². The van der Waals surface area contributed by atoms with Crippen molar-refractivity contribution >= 4 is 61.2 Å². The maximum absolute atomic E-state index is 13.3. The van der Waals surface area contributed by atoms with Crippen molar-refractivity contribution in [3.8, 4) is 21.8 Å². The van der Waals surface area contributed by atoms with Crippen molar-refractivity contribution in [3.63, 3.8) is 0 Å². The Morgan fingerprint density at radius 1 is 1.02 bits per heavy atom. The topological polar surface area (TPSA) is 105 Å². The Balaban J connectivity index is 0.000000393. The summed E-state index contributed by atoms with van der Waals surface area (Å²) in [6, 6.07) is 9.70. The van der Waals surface area contributed by atoms with Crippen molar-refractivity contribution in [3.05, 3.63) is 119 Å². The number of thiazole rings is 1. The van der Waals surface area contributed by atoms with Crippen LogP contribution in [0.3, 0.4) is 0 Å². The average molecular weight is 731 g/mol. The van der Waals surface area contributed by atoms with Crippen LogP contribution in [0, 0.1) is 0 Å². The lowest BCUT2D eigenvalue weighted by molar-refractivity contribution is 0.0664. The number of thiophene rings is 1. The van der Waals surface area contributed by atoms with Crippen molar-refractivity contribution < 1.29 is 9.00 Å². The van der Waals surface area contributed by atoms with Gasteiger partial charge in [0.1, 0.15) is 19.7 Å². The van der Waals surface area contributed by atoms with E-state index < -0.39 is 10.8 Å². The van der Waals surface area contributed by atoms with E-state index in [1.54, 1.807) is 13.2 Å². The van der Waals surface area contributed by atoms with Crippen molar-refractivity contribution in [2.24, 2.45) is 4.99 Å². The van der Waals surface area contributed by atoms with Crippen molar-refractivity contribution in [2.75, 3.05) is 51.8 Å². The van der Waals surface area contributed by atoms with Gasteiger partial charge in [0, 0.05) is 78.8 Å². The number of hydrogen-bond donors (Lipinski definition) is 1. The van der Waals surface area contributed by atoms with E-state index in [1.165, 1.54) is 22.7 Å². The summed E-state index contributed by atoms with van der Waals surface area (Å²) in [6.07, 6.45) is 3.61. The SMILES string of the molecule is C=C=C=C=C=C=C.C=C=C=C=C=C=NC.CCCCS(=O)c1sc2nc(-c3nccs3)cc(-c3cccc(C(=O)N4CCN(C)CC4)c3)c2c1N. The van der Waals surface area contributed by atoms with Gasteiger partial charge in [0.05, 0.1) is 16.5 Å². The summed E-state index contributed by atoms with van der Waals surface area (Å²) < 4.78 is 13.7. The number of aromatic nitrogens is 2. The molecule has 4 heterocycles. The van der Waals surface area contributed by atoms with Crippen LogP contribution >= 0.6 is 22.7 Å². The summed E-state index contributed by atoms with van der Waals surface area (Å²) in [7, 11) is 2.50. The van der Waals surface area contributed by atoms with Gasteiger partial charge < -0.3 is 15.5 Å². The van der Waals surface area contributed by atoms with Gasteiger partial charge in [-0.1, -0.05) is 42.7 Å². The smallest absolute Gasteiger partial charge is 0.253 e. The molecule has 2 N–H and O–H groups in total. The quantitative estimate of drug-likeness (QED) is 0.155. The minimum atomic E-state index is -1.18. The fourth-order valence-electron chi connectivity index (χ4n) is 4.62. The number of likely N-dealkylation sites (N-methyl/N-ethyl adjacent to an activating group) is 1. The van der Waals surface area contributed by atoms with E-state index in [0.717, 1.165) is 71.1 Å². The molecular formula is C40H38N6O2S3. The first-order chi connectivity index (χ1) is 24.8. The summed E-state index contributed by atoms with van der Waals surface area (Å²) in [5.74, 6) is 3.03. The third-order valence-electron chi connectivity index (χ3n) is 7.10. The number of nitrogen functional groups attached to an aromatic ring is 1. The molecule has 1 aliphatic rings. The highest BCUT2D eigenvalue weighted by Crippen LogP contribution is 2.43. The lowest BCUT2D eigenvalue weighted by atomic mass is 9.99. The molecule has 0 saturated carbocycles. The van der Waals surface area contributed by atoms with E-state index in [-0.39, 0.29) is 5.91 Å². The van der Waals surface area contributed by atoms with Gasteiger partial charge in [-0.2, -0.15) is 0 Å². The van der Waals surface area contributed by atoms with E-state index >= 15 is 0 Å². The monoisotopic (exact) mass is 730 g/mol. The van der Waals surface area contributed by atoms with Gasteiger partial charge >= 0.3 is 0 Å². The first-order valence-electron chi connectivity index (χ1n) is 15.8. The zero-order valence-corrected chi connectivity index (χ0v) is 31.4. The second-order valence-corrected chi connectivity index (χ2v) is 14.2. The molecule has 1 fully saturated rings. The molecule has 1 atom stereocenters. The maximum atomic E-state index is 13.3. The Morgan fingerprint density at radius 3 is 2.31 bits per heavy atom. The number of pyridine rings is 1. The highest BCUT2D eigenvalue weighted by molar-refractivity contribution is 7.87. The van der Waals surface area contributed by atoms with E-state index in [2.05, 4.69) is 106 Å². The minimum Gasteiger partial charge on any atom is -0.396 e. The van der Waals surface area contributed by atoms with Crippen molar-refractivity contribution in [2.45, 2.75) is 24.0 Å². The van der Waals surface area contributed by atoms with Gasteiger partial charge in [-0.05, 0) is 85.5 Å². The number of piperazine rings is 1. The zero-order valence-electron chi connectivity index (χ0n) is 29.0. The van der Waals surface area contributed by atoms with Crippen LogP contribution in [0.2, 0.25) is 0 Å². The lowest BCUT2D eigenvalue weighted by Gasteiger charge is -2.32. The third kappa shape index (κ3) is 11.8. The molecular weight excluding hydrogens is 693 g/mol. The van der Waals surface area contributed by atoms with Crippen LogP contribution in [0.15, 0.2) is 122 Å². The number of nitrogens with zero attached hydrogens (tertiary/aromatic N) is 5. The van der Waals surface area contributed by atoms with E-state index in [1.807, 2.05) is 40.6 Å². The number of benzene rings is 1. The van der Waals surface area contributed by atoms with Crippen LogP contribution in [-0.2, 0) is 10.8 Å². The second kappa shape index (κ2) is 21.6. The number of unbranched alkanes of at least 4 members (excludes halogenated alkanes) is 1.